The number of furan rings is 1. The number of para-hydroxylation sites is 1. The number of aromatic nitrogens is 2. The Kier molecular flexibility index (Phi) is 7.72. The molecular formula is C26H30FN5O3S. The molecule has 1 amide bonds. The molecule has 8 nitrogen and oxygen atoms in total. The van der Waals surface area contributed by atoms with Gasteiger partial charge >= 0.3 is 0 Å². The van der Waals surface area contributed by atoms with E-state index in [1.54, 1.807) is 19.2 Å². The fourth-order valence-corrected chi connectivity index (χ4v) is 4.92. The second-order valence-corrected chi connectivity index (χ2v) is 10.0. The largest absolute Gasteiger partial charge is 0.455 e. The van der Waals surface area contributed by atoms with E-state index < -0.39 is 0 Å². The summed E-state index contributed by atoms with van der Waals surface area (Å²) in [5, 5.41) is 3.54. The number of hydrogen-bond acceptors (Lipinski definition) is 8. The van der Waals surface area contributed by atoms with Crippen molar-refractivity contribution < 1.29 is 18.3 Å². The number of carbonyl (C=O) groups excluding carboxylic acids is 1. The highest BCUT2D eigenvalue weighted by molar-refractivity contribution is 7.98. The molecule has 1 saturated carbocycles. The second kappa shape index (κ2) is 11.3. The van der Waals surface area contributed by atoms with E-state index in [-0.39, 0.29) is 11.7 Å². The van der Waals surface area contributed by atoms with Crippen molar-refractivity contribution in [2.75, 3.05) is 49.6 Å². The molecule has 190 valence electrons. The van der Waals surface area contributed by atoms with Crippen molar-refractivity contribution in [2.24, 2.45) is 5.92 Å². The lowest BCUT2D eigenvalue weighted by Gasteiger charge is -2.37. The van der Waals surface area contributed by atoms with Crippen molar-refractivity contribution >= 4 is 29.2 Å². The molecule has 0 atom stereocenters. The van der Waals surface area contributed by atoms with E-state index in [0.717, 1.165) is 24.6 Å². The van der Waals surface area contributed by atoms with E-state index in [0.29, 0.717) is 60.3 Å². The molecule has 0 spiro atoms. The molecule has 0 radical (unpaired) electrons. The van der Waals surface area contributed by atoms with Crippen molar-refractivity contribution in [1.29, 1.82) is 0 Å². The van der Waals surface area contributed by atoms with Crippen LogP contribution in [0.3, 0.4) is 0 Å². The van der Waals surface area contributed by atoms with Crippen LogP contribution in [0.2, 0.25) is 0 Å². The Hall–Kier alpha value is -3.11. The lowest BCUT2D eigenvalue weighted by atomic mass is 10.2. The van der Waals surface area contributed by atoms with E-state index in [4.69, 9.17) is 14.1 Å². The Morgan fingerprint density at radius 3 is 2.67 bits per heavy atom. The Balaban J connectivity index is 1.22. The van der Waals surface area contributed by atoms with Crippen LogP contribution in [0.1, 0.15) is 34.9 Å². The van der Waals surface area contributed by atoms with Gasteiger partial charge in [0.1, 0.15) is 17.4 Å². The summed E-state index contributed by atoms with van der Waals surface area (Å²) in [4.78, 5) is 25.9. The maximum Gasteiger partial charge on any atom is 0.287 e. The van der Waals surface area contributed by atoms with E-state index in [9.17, 15) is 9.18 Å². The van der Waals surface area contributed by atoms with Gasteiger partial charge in [-0.3, -0.25) is 4.79 Å². The lowest BCUT2D eigenvalue weighted by Crippen LogP contribution is -2.47. The smallest absolute Gasteiger partial charge is 0.287 e. The number of methoxy groups -OCH3 is 1. The maximum absolute atomic E-state index is 14.2. The third-order valence-corrected chi connectivity index (χ3v) is 7.18. The van der Waals surface area contributed by atoms with Crippen LogP contribution < -0.4 is 15.1 Å². The van der Waals surface area contributed by atoms with Crippen LogP contribution in [0.25, 0.3) is 0 Å². The van der Waals surface area contributed by atoms with E-state index >= 15 is 0 Å². The Morgan fingerprint density at radius 2 is 1.92 bits per heavy atom. The first-order chi connectivity index (χ1) is 17.6. The zero-order chi connectivity index (χ0) is 24.9. The number of ether oxygens (including phenoxy) is 1. The highest BCUT2D eigenvalue weighted by atomic mass is 32.2. The first kappa shape index (κ1) is 24.6. The molecule has 0 unspecified atom stereocenters. The molecule has 2 fully saturated rings. The van der Waals surface area contributed by atoms with Gasteiger partial charge in [0, 0.05) is 45.9 Å². The number of amides is 1. The molecule has 1 aromatic carbocycles. The van der Waals surface area contributed by atoms with Gasteiger partial charge in [0.25, 0.3) is 5.91 Å². The fraction of sp³-hybridized carbons (Fsp3) is 0.423. The van der Waals surface area contributed by atoms with Crippen LogP contribution in [0.15, 0.2) is 52.0 Å². The molecule has 0 bridgehead atoms. The number of benzene rings is 1. The number of rotatable bonds is 10. The summed E-state index contributed by atoms with van der Waals surface area (Å²) in [6.07, 6.45) is 2.37. The third kappa shape index (κ3) is 6.17. The fourth-order valence-electron chi connectivity index (χ4n) is 4.15. The molecule has 1 N–H and O–H groups in total. The van der Waals surface area contributed by atoms with Gasteiger partial charge in [-0.2, -0.15) is 0 Å². The van der Waals surface area contributed by atoms with Gasteiger partial charge < -0.3 is 24.3 Å². The number of piperazine rings is 1. The molecule has 1 aliphatic heterocycles. The summed E-state index contributed by atoms with van der Waals surface area (Å²) >= 11 is 1.45. The minimum Gasteiger partial charge on any atom is -0.455 e. The number of thioether (sulfide) groups is 1. The van der Waals surface area contributed by atoms with Crippen molar-refractivity contribution in [3.05, 3.63) is 65.5 Å². The van der Waals surface area contributed by atoms with Gasteiger partial charge in [-0.05, 0) is 43.0 Å². The Bertz CT molecular complexity index is 1190. The molecule has 2 aliphatic rings. The number of halogens is 1. The number of anilines is 2. The average molecular weight is 512 g/mol. The molecule has 5 rings (SSSR count). The van der Waals surface area contributed by atoms with Crippen molar-refractivity contribution in [3.8, 4) is 0 Å². The summed E-state index contributed by atoms with van der Waals surface area (Å²) < 4.78 is 25.3. The molecule has 10 heteroatoms. The van der Waals surface area contributed by atoms with Gasteiger partial charge in [-0.1, -0.05) is 23.9 Å². The van der Waals surface area contributed by atoms with Crippen molar-refractivity contribution in [1.82, 2.24) is 15.3 Å². The van der Waals surface area contributed by atoms with Crippen LogP contribution in [-0.2, 0) is 17.1 Å². The number of hydrogen-bond donors (Lipinski definition) is 1. The van der Waals surface area contributed by atoms with Gasteiger partial charge in [-0.15, -0.1) is 0 Å². The topological polar surface area (TPSA) is 83.7 Å². The lowest BCUT2D eigenvalue weighted by molar-refractivity contribution is 0.0922. The van der Waals surface area contributed by atoms with Gasteiger partial charge in [0.2, 0.25) is 0 Å². The van der Waals surface area contributed by atoms with Gasteiger partial charge in [0.05, 0.1) is 23.7 Å². The summed E-state index contributed by atoms with van der Waals surface area (Å²) in [5.74, 6) is 2.60. The highest BCUT2D eigenvalue weighted by Crippen LogP contribution is 2.28. The van der Waals surface area contributed by atoms with Crippen LogP contribution in [0.4, 0.5) is 15.9 Å². The van der Waals surface area contributed by atoms with E-state index in [1.807, 2.05) is 24.3 Å². The molecule has 2 aromatic heterocycles. The minimum atomic E-state index is -0.199. The summed E-state index contributed by atoms with van der Waals surface area (Å²) in [6, 6.07) is 12.4. The van der Waals surface area contributed by atoms with Gasteiger partial charge in [0.15, 0.2) is 10.9 Å². The highest BCUT2D eigenvalue weighted by Gasteiger charge is 2.23. The summed E-state index contributed by atoms with van der Waals surface area (Å²) in [6.45, 7) is 3.93. The van der Waals surface area contributed by atoms with Crippen LogP contribution in [0, 0.1) is 11.7 Å². The number of carbonyl (C=O) groups is 1. The Morgan fingerprint density at radius 1 is 1.14 bits per heavy atom. The molecular weight excluding hydrogens is 481 g/mol. The molecule has 3 aromatic rings. The molecule has 36 heavy (non-hydrogen) atoms. The third-order valence-electron chi connectivity index (χ3n) is 6.31. The predicted octanol–water partition coefficient (Wildman–Crippen LogP) is 4.11. The minimum absolute atomic E-state index is 0.173. The quantitative estimate of drug-likeness (QED) is 0.322. The first-order valence-corrected chi connectivity index (χ1v) is 13.2. The summed E-state index contributed by atoms with van der Waals surface area (Å²) in [7, 11) is 1.64. The van der Waals surface area contributed by atoms with Crippen molar-refractivity contribution in [2.45, 2.75) is 30.4 Å². The predicted molar refractivity (Wildman–Crippen MR) is 137 cm³/mol. The molecule has 1 saturated heterocycles. The maximum atomic E-state index is 14.2. The molecule has 3 heterocycles. The number of nitrogens with zero attached hydrogens (tertiary/aromatic N) is 4. The summed E-state index contributed by atoms with van der Waals surface area (Å²) in [5.41, 5.74) is 1.43. The van der Waals surface area contributed by atoms with E-state index in [1.165, 1.54) is 30.7 Å². The normalized spacial score (nSPS) is 15.8. The standard InChI is InChI=1S/C26H30FN5O3S/c1-34-16-19-14-24(32-12-10-31(11-13-32)22-5-3-2-4-21(22)27)30-26(29-19)36-17-20-8-9-23(35-20)25(33)28-15-18-6-7-18/h2-5,8-9,14,18H,6-7,10-13,15-17H2,1H3,(H,28,33). The van der Waals surface area contributed by atoms with Gasteiger partial charge in [-0.25, -0.2) is 14.4 Å². The second-order valence-electron chi connectivity index (χ2n) is 9.07. The van der Waals surface area contributed by atoms with Crippen LogP contribution in [-0.4, -0.2) is 55.7 Å². The zero-order valence-electron chi connectivity index (χ0n) is 20.3. The van der Waals surface area contributed by atoms with Crippen LogP contribution in [0.5, 0.6) is 0 Å². The van der Waals surface area contributed by atoms with Crippen molar-refractivity contribution in [3.63, 3.8) is 0 Å². The first-order valence-electron chi connectivity index (χ1n) is 12.2. The van der Waals surface area contributed by atoms with E-state index in [2.05, 4.69) is 20.1 Å². The Labute approximate surface area is 214 Å². The molecule has 1 aliphatic carbocycles. The number of nitrogens with one attached hydrogen (secondary N) is 1. The van der Waals surface area contributed by atoms with Crippen LogP contribution >= 0.6 is 11.8 Å². The monoisotopic (exact) mass is 511 g/mol. The zero-order valence-corrected chi connectivity index (χ0v) is 21.1. The average Bonchev–Trinajstić information content (AvgIpc) is 3.61. The SMILES string of the molecule is COCc1cc(N2CCN(c3ccccc3F)CC2)nc(SCc2ccc(C(=O)NCC3CC3)o2)n1.